The van der Waals surface area contributed by atoms with E-state index in [1.54, 1.807) is 0 Å². The van der Waals surface area contributed by atoms with E-state index in [2.05, 4.69) is 12.3 Å². The third-order valence-corrected chi connectivity index (χ3v) is 1.41. The number of allylic oxidation sites excluding steroid dienone is 1. The molecule has 0 rings (SSSR count). The molecule has 0 unspecified atom stereocenters. The van der Waals surface area contributed by atoms with Gasteiger partial charge in [-0.1, -0.05) is 13.0 Å². The third-order valence-electron chi connectivity index (χ3n) is 0.606. The van der Waals surface area contributed by atoms with Gasteiger partial charge in [0.15, 0.2) is 0 Å². The van der Waals surface area contributed by atoms with E-state index in [1.807, 2.05) is 24.8 Å². The van der Waals surface area contributed by atoms with E-state index in [9.17, 15) is 0 Å². The van der Waals surface area contributed by atoms with Gasteiger partial charge in [-0.2, -0.15) is 11.8 Å². The minimum absolute atomic E-state index is 1.12. The van der Waals surface area contributed by atoms with E-state index in [-0.39, 0.29) is 0 Å². The van der Waals surface area contributed by atoms with Gasteiger partial charge < -0.3 is 0 Å². The smallest absolute Gasteiger partial charge is 0.0135 e. The molecule has 0 aromatic rings. The van der Waals surface area contributed by atoms with Gasteiger partial charge in [0.25, 0.3) is 0 Å². The first-order chi connectivity index (χ1) is 3.41. The predicted molar refractivity (Wildman–Crippen MR) is 37.2 cm³/mol. The first kappa shape index (κ1) is 7.09. The molecule has 0 heterocycles. The third kappa shape index (κ3) is 6.09. The Balaban J connectivity index is 2.56. The molecule has 0 saturated heterocycles. The summed E-state index contributed by atoms with van der Waals surface area (Å²) in [6, 6.07) is 0. The Hall–Kier alpha value is 0.0900. The van der Waals surface area contributed by atoms with Gasteiger partial charge in [0.2, 0.25) is 0 Å². The zero-order valence-corrected chi connectivity index (χ0v) is 5.50. The van der Waals surface area contributed by atoms with E-state index in [1.165, 1.54) is 5.75 Å². The van der Waals surface area contributed by atoms with Crippen molar-refractivity contribution >= 4 is 11.8 Å². The number of hydrogen-bond acceptors (Lipinski definition) is 1. The Morgan fingerprint density at radius 3 is 2.86 bits per heavy atom. The summed E-state index contributed by atoms with van der Waals surface area (Å²) in [6.45, 7) is 5.65. The Morgan fingerprint density at radius 1 is 1.71 bits per heavy atom. The summed E-state index contributed by atoms with van der Waals surface area (Å²) in [4.78, 5) is 0. The van der Waals surface area contributed by atoms with Crippen LogP contribution in [0, 0.1) is 5.75 Å². The van der Waals surface area contributed by atoms with Crippen LogP contribution in [0.15, 0.2) is 12.7 Å². The lowest BCUT2D eigenvalue weighted by Gasteiger charge is -1.87. The second kappa shape index (κ2) is 6.09. The van der Waals surface area contributed by atoms with Crippen molar-refractivity contribution in [1.82, 2.24) is 0 Å². The van der Waals surface area contributed by atoms with E-state index in [4.69, 9.17) is 0 Å². The summed E-state index contributed by atoms with van der Waals surface area (Å²) < 4.78 is 0. The van der Waals surface area contributed by atoms with Crippen LogP contribution in [0.5, 0.6) is 0 Å². The lowest BCUT2D eigenvalue weighted by Crippen LogP contribution is -1.69. The van der Waals surface area contributed by atoms with Crippen LogP contribution in [-0.4, -0.2) is 5.75 Å². The molecule has 0 nitrogen and oxygen atoms in total. The molecule has 0 aromatic heterocycles. The molecule has 1 radical (unpaired) electrons. The lowest BCUT2D eigenvalue weighted by atomic mass is 10.5. The van der Waals surface area contributed by atoms with Crippen LogP contribution in [-0.2, 0) is 0 Å². The average Bonchev–Trinajstić information content (AvgIpc) is 1.69. The van der Waals surface area contributed by atoms with E-state index in [0.717, 1.165) is 6.42 Å². The van der Waals surface area contributed by atoms with Gasteiger partial charge in [-0.05, 0) is 12.2 Å². The second-order valence-corrected chi connectivity index (χ2v) is 2.40. The van der Waals surface area contributed by atoms with Crippen molar-refractivity contribution in [2.75, 3.05) is 5.75 Å². The Morgan fingerprint density at radius 2 is 2.43 bits per heavy atom. The van der Waals surface area contributed by atoms with Crippen molar-refractivity contribution in [2.24, 2.45) is 0 Å². The zero-order valence-electron chi connectivity index (χ0n) is 4.68. The van der Waals surface area contributed by atoms with Crippen molar-refractivity contribution in [3.63, 3.8) is 0 Å². The van der Waals surface area contributed by atoms with Gasteiger partial charge in [0, 0.05) is 5.75 Å². The highest BCUT2D eigenvalue weighted by molar-refractivity contribution is 8.01. The standard InChI is InChI=1S/C6H11S/c1-3-5-6-7-4-2/h3-4H,1,5-6H2,2H3. The van der Waals surface area contributed by atoms with Crippen LogP contribution in [0.25, 0.3) is 0 Å². The minimum Gasteiger partial charge on any atom is -0.157 e. The highest BCUT2D eigenvalue weighted by Gasteiger charge is 1.77. The molecule has 41 valence electrons. The molecule has 1 heteroatoms. The van der Waals surface area contributed by atoms with Crippen molar-refractivity contribution in [3.05, 3.63) is 18.4 Å². The summed E-state index contributed by atoms with van der Waals surface area (Å²) >= 11 is 1.84. The predicted octanol–water partition coefficient (Wildman–Crippen LogP) is 2.48. The molecule has 0 atom stereocenters. The van der Waals surface area contributed by atoms with Crippen molar-refractivity contribution in [3.8, 4) is 0 Å². The van der Waals surface area contributed by atoms with Crippen LogP contribution in [0.4, 0.5) is 0 Å². The second-order valence-electron chi connectivity index (χ2n) is 1.18. The van der Waals surface area contributed by atoms with Crippen LogP contribution < -0.4 is 0 Å². The number of hydrogen-bond donors (Lipinski definition) is 0. The molecule has 0 amide bonds. The van der Waals surface area contributed by atoms with Crippen LogP contribution in [0.2, 0.25) is 0 Å². The number of rotatable bonds is 4. The maximum atomic E-state index is 3.61. The summed E-state index contributed by atoms with van der Waals surface area (Å²) in [5.74, 6) is 3.28. The molecule has 0 fully saturated rings. The molecule has 0 aromatic carbocycles. The largest absolute Gasteiger partial charge is 0.157 e. The van der Waals surface area contributed by atoms with Gasteiger partial charge in [0.1, 0.15) is 0 Å². The molecule has 0 N–H and O–H groups in total. The molecule has 0 saturated carbocycles. The molecule has 0 aliphatic heterocycles. The SMILES string of the molecule is C=CCCS[CH]C. The molecule has 0 aliphatic carbocycles. The van der Waals surface area contributed by atoms with Crippen LogP contribution in [0.1, 0.15) is 13.3 Å². The van der Waals surface area contributed by atoms with Gasteiger partial charge in [0.05, 0.1) is 0 Å². The molecular weight excluding hydrogens is 104 g/mol. The summed E-state index contributed by atoms with van der Waals surface area (Å²) in [7, 11) is 0. The van der Waals surface area contributed by atoms with E-state index in [0.29, 0.717) is 0 Å². The van der Waals surface area contributed by atoms with Gasteiger partial charge in [-0.25, -0.2) is 0 Å². The average molecular weight is 115 g/mol. The maximum Gasteiger partial charge on any atom is 0.0135 e. The lowest BCUT2D eigenvalue weighted by molar-refractivity contribution is 1.25. The molecular formula is C6H11S. The fourth-order valence-electron chi connectivity index (χ4n) is 0.269. The molecule has 0 aliphatic rings. The van der Waals surface area contributed by atoms with Gasteiger partial charge in [-0.15, -0.1) is 6.58 Å². The van der Waals surface area contributed by atoms with E-state index >= 15 is 0 Å². The fraction of sp³-hybridized carbons (Fsp3) is 0.500. The number of thioether (sulfide) groups is 1. The Kier molecular flexibility index (Phi) is 6.17. The van der Waals surface area contributed by atoms with Crippen molar-refractivity contribution < 1.29 is 0 Å². The molecule has 7 heavy (non-hydrogen) atoms. The Bertz CT molecular complexity index is 41.4. The summed E-state index contributed by atoms with van der Waals surface area (Å²) in [5, 5.41) is 0. The fourth-order valence-corrected chi connectivity index (χ4v) is 0.808. The first-order valence-corrected chi connectivity index (χ1v) is 3.47. The summed E-state index contributed by atoms with van der Waals surface area (Å²) in [5.41, 5.74) is 0. The monoisotopic (exact) mass is 115 g/mol. The zero-order chi connectivity index (χ0) is 5.54. The first-order valence-electron chi connectivity index (χ1n) is 2.42. The van der Waals surface area contributed by atoms with Crippen LogP contribution >= 0.6 is 11.8 Å². The van der Waals surface area contributed by atoms with Crippen LogP contribution in [0.3, 0.4) is 0 Å². The van der Waals surface area contributed by atoms with Gasteiger partial charge in [-0.3, -0.25) is 0 Å². The summed E-state index contributed by atoms with van der Waals surface area (Å²) in [6.07, 6.45) is 3.06. The van der Waals surface area contributed by atoms with Crippen molar-refractivity contribution in [1.29, 1.82) is 0 Å². The normalized spacial score (nSPS) is 8.71. The molecule has 0 spiro atoms. The van der Waals surface area contributed by atoms with E-state index < -0.39 is 0 Å². The highest BCUT2D eigenvalue weighted by Crippen LogP contribution is 2.04. The highest BCUT2D eigenvalue weighted by atomic mass is 32.2. The molecule has 0 bridgehead atoms. The van der Waals surface area contributed by atoms with Crippen molar-refractivity contribution in [2.45, 2.75) is 13.3 Å². The van der Waals surface area contributed by atoms with Gasteiger partial charge >= 0.3 is 0 Å². The topological polar surface area (TPSA) is 0 Å². The Labute approximate surface area is 50.0 Å². The quantitative estimate of drug-likeness (QED) is 0.400. The maximum absolute atomic E-state index is 3.61. The minimum atomic E-state index is 1.12.